The maximum atomic E-state index is 9.75. The molecule has 1 N–H and O–H groups in total. The predicted octanol–water partition coefficient (Wildman–Crippen LogP) is 0.650. The Labute approximate surface area is 47.8 Å². The Kier molecular flexibility index (Phi) is 3.34. The van der Waals surface area contributed by atoms with Crippen LogP contribution in [0.25, 0.3) is 0 Å². The van der Waals surface area contributed by atoms with Gasteiger partial charge in [0.05, 0.1) is 6.42 Å². The Hall–Kier alpha value is -1.23. The fraction of sp³-hybridized carbons (Fsp3) is 0.167. The summed E-state index contributed by atoms with van der Waals surface area (Å²) in [6, 6.07) is 0. The van der Waals surface area contributed by atoms with Gasteiger partial charge in [-0.2, -0.15) is 0 Å². The van der Waals surface area contributed by atoms with Crippen LogP contribution in [0.1, 0.15) is 6.42 Å². The summed E-state index contributed by atoms with van der Waals surface area (Å²) in [6.45, 7) is 0. The molecule has 42 valence electrons. The van der Waals surface area contributed by atoms with Gasteiger partial charge in [0.1, 0.15) is 0 Å². The monoisotopic (exact) mass is 110 g/mol. The highest BCUT2D eigenvalue weighted by Crippen LogP contribution is 1.79. The molecule has 0 radical (unpaired) electrons. The molecule has 0 aromatic carbocycles. The lowest BCUT2D eigenvalue weighted by molar-refractivity contribution is -0.135. The molecule has 0 aliphatic rings. The lowest BCUT2D eigenvalue weighted by Gasteiger charge is -1.77. The molecular formula is C6H6O2. The summed E-state index contributed by atoms with van der Waals surface area (Å²) < 4.78 is 0. The number of aliphatic carboxylic acids is 1. The quantitative estimate of drug-likeness (QED) is 0.530. The molecule has 0 amide bonds. The van der Waals surface area contributed by atoms with Gasteiger partial charge in [-0.15, -0.1) is 6.42 Å². The molecule has 0 aliphatic carbocycles. The molecule has 0 heterocycles. The summed E-state index contributed by atoms with van der Waals surface area (Å²) in [5.74, 6) is 1.31. The Balaban J connectivity index is 3.34. The molecule has 2 nitrogen and oxygen atoms in total. The van der Waals surface area contributed by atoms with Gasteiger partial charge in [0.15, 0.2) is 0 Å². The van der Waals surface area contributed by atoms with Crippen LogP contribution < -0.4 is 0 Å². The molecule has 2 heteroatoms. The summed E-state index contributed by atoms with van der Waals surface area (Å²) in [5, 5.41) is 8.02. The van der Waals surface area contributed by atoms with E-state index in [2.05, 4.69) is 5.92 Å². The number of rotatable bonds is 2. The minimum atomic E-state index is -0.864. The van der Waals surface area contributed by atoms with Crippen molar-refractivity contribution in [2.45, 2.75) is 6.42 Å². The van der Waals surface area contributed by atoms with Gasteiger partial charge in [-0.3, -0.25) is 4.79 Å². The van der Waals surface area contributed by atoms with E-state index >= 15 is 0 Å². The van der Waals surface area contributed by atoms with Crippen LogP contribution in [-0.4, -0.2) is 11.1 Å². The average molecular weight is 110 g/mol. The molecule has 8 heavy (non-hydrogen) atoms. The van der Waals surface area contributed by atoms with Crippen LogP contribution in [0.2, 0.25) is 0 Å². The maximum absolute atomic E-state index is 9.75. The van der Waals surface area contributed by atoms with Crippen molar-refractivity contribution in [2.75, 3.05) is 0 Å². The van der Waals surface area contributed by atoms with Crippen LogP contribution in [0.15, 0.2) is 12.2 Å². The van der Waals surface area contributed by atoms with Crippen LogP contribution in [-0.2, 0) is 4.79 Å². The first kappa shape index (κ1) is 6.77. The molecule has 0 unspecified atom stereocenters. The number of allylic oxidation sites excluding steroid dienone is 1. The third-order valence-corrected chi connectivity index (χ3v) is 0.507. The van der Waals surface area contributed by atoms with Crippen LogP contribution >= 0.6 is 0 Å². The summed E-state index contributed by atoms with van der Waals surface area (Å²) in [5.41, 5.74) is 0. The molecule has 0 atom stereocenters. The fourth-order valence-corrected chi connectivity index (χ4v) is 0.228. The Morgan fingerprint density at radius 1 is 1.88 bits per heavy atom. The van der Waals surface area contributed by atoms with E-state index in [-0.39, 0.29) is 6.42 Å². The van der Waals surface area contributed by atoms with Gasteiger partial charge in [0.25, 0.3) is 0 Å². The second-order valence-corrected chi connectivity index (χ2v) is 1.17. The first-order chi connectivity index (χ1) is 3.77. The highest BCUT2D eigenvalue weighted by Gasteiger charge is 1.86. The SMILES string of the molecule is C#CC=CCC(=O)O. The van der Waals surface area contributed by atoms with Crippen molar-refractivity contribution in [3.8, 4) is 12.3 Å². The summed E-state index contributed by atoms with van der Waals surface area (Å²) in [7, 11) is 0. The lowest BCUT2D eigenvalue weighted by Crippen LogP contribution is -1.89. The number of terminal acetylenes is 1. The zero-order valence-electron chi connectivity index (χ0n) is 4.29. The highest BCUT2D eigenvalue weighted by atomic mass is 16.4. The minimum Gasteiger partial charge on any atom is -0.481 e. The van der Waals surface area contributed by atoms with Gasteiger partial charge in [-0.25, -0.2) is 0 Å². The first-order valence-electron chi connectivity index (χ1n) is 2.10. The van der Waals surface area contributed by atoms with Crippen LogP contribution in [0, 0.1) is 12.3 Å². The van der Waals surface area contributed by atoms with Gasteiger partial charge < -0.3 is 5.11 Å². The maximum Gasteiger partial charge on any atom is 0.307 e. The summed E-state index contributed by atoms with van der Waals surface area (Å²) in [4.78, 5) is 9.75. The number of carboxylic acids is 1. The summed E-state index contributed by atoms with van der Waals surface area (Å²) in [6.07, 6.45) is 7.58. The molecule has 0 saturated carbocycles. The zero-order chi connectivity index (χ0) is 6.41. The van der Waals surface area contributed by atoms with Crippen molar-refractivity contribution in [1.29, 1.82) is 0 Å². The standard InChI is InChI=1S/C6H6O2/c1-2-3-4-5-6(7)8/h1,3-4H,5H2,(H,7,8). The zero-order valence-corrected chi connectivity index (χ0v) is 4.29. The van der Waals surface area contributed by atoms with E-state index in [1.807, 2.05) is 0 Å². The van der Waals surface area contributed by atoms with Crippen molar-refractivity contribution in [3.63, 3.8) is 0 Å². The molecule has 0 saturated heterocycles. The fourth-order valence-electron chi connectivity index (χ4n) is 0.228. The largest absolute Gasteiger partial charge is 0.481 e. The van der Waals surface area contributed by atoms with Gasteiger partial charge in [-0.1, -0.05) is 12.0 Å². The summed E-state index contributed by atoms with van der Waals surface area (Å²) >= 11 is 0. The van der Waals surface area contributed by atoms with Crippen LogP contribution in [0.4, 0.5) is 0 Å². The van der Waals surface area contributed by atoms with E-state index in [1.165, 1.54) is 12.2 Å². The van der Waals surface area contributed by atoms with E-state index in [0.717, 1.165) is 0 Å². The Bertz CT molecular complexity index is 139. The number of carboxylic acid groups (broad SMARTS) is 1. The molecule has 0 aliphatic heterocycles. The predicted molar refractivity (Wildman–Crippen MR) is 30.2 cm³/mol. The van der Waals surface area contributed by atoms with E-state index in [9.17, 15) is 4.79 Å². The smallest absolute Gasteiger partial charge is 0.307 e. The number of hydrogen-bond acceptors (Lipinski definition) is 1. The van der Waals surface area contributed by atoms with Crippen LogP contribution in [0.5, 0.6) is 0 Å². The number of hydrogen-bond donors (Lipinski definition) is 1. The van der Waals surface area contributed by atoms with Crippen LogP contribution in [0.3, 0.4) is 0 Å². The van der Waals surface area contributed by atoms with Gasteiger partial charge in [0.2, 0.25) is 0 Å². The molecular weight excluding hydrogens is 104 g/mol. The highest BCUT2D eigenvalue weighted by molar-refractivity contribution is 5.68. The Morgan fingerprint density at radius 3 is 2.88 bits per heavy atom. The third-order valence-electron chi connectivity index (χ3n) is 0.507. The first-order valence-corrected chi connectivity index (χ1v) is 2.10. The van der Waals surface area contributed by atoms with Crippen molar-refractivity contribution < 1.29 is 9.90 Å². The van der Waals surface area contributed by atoms with Gasteiger partial charge >= 0.3 is 5.97 Å². The molecule has 0 rings (SSSR count). The second kappa shape index (κ2) is 3.94. The van der Waals surface area contributed by atoms with Crippen molar-refractivity contribution in [2.24, 2.45) is 0 Å². The van der Waals surface area contributed by atoms with Gasteiger partial charge in [-0.05, 0) is 6.08 Å². The minimum absolute atomic E-state index is 0.00417. The van der Waals surface area contributed by atoms with Gasteiger partial charge in [0, 0.05) is 0 Å². The molecule has 0 aromatic rings. The molecule has 0 aromatic heterocycles. The second-order valence-electron chi connectivity index (χ2n) is 1.17. The normalized spacial score (nSPS) is 8.88. The lowest BCUT2D eigenvalue weighted by atomic mass is 10.4. The molecule has 0 fully saturated rings. The van der Waals surface area contributed by atoms with Crippen molar-refractivity contribution in [3.05, 3.63) is 12.2 Å². The van der Waals surface area contributed by atoms with E-state index in [4.69, 9.17) is 11.5 Å². The van der Waals surface area contributed by atoms with E-state index in [1.54, 1.807) is 0 Å². The number of carbonyl (C=O) groups is 1. The third kappa shape index (κ3) is 4.77. The van der Waals surface area contributed by atoms with E-state index in [0.29, 0.717) is 0 Å². The van der Waals surface area contributed by atoms with Crippen molar-refractivity contribution in [1.82, 2.24) is 0 Å². The Morgan fingerprint density at radius 2 is 2.50 bits per heavy atom. The topological polar surface area (TPSA) is 37.3 Å². The van der Waals surface area contributed by atoms with E-state index < -0.39 is 5.97 Å². The molecule has 0 spiro atoms. The molecule has 0 bridgehead atoms. The van der Waals surface area contributed by atoms with Crippen molar-refractivity contribution >= 4 is 5.97 Å². The average Bonchev–Trinajstić information content (AvgIpc) is 1.66.